The zero-order chi connectivity index (χ0) is 8.10. The Hall–Kier alpha value is -0.900. The number of nitrogens with two attached hydrogens (primary N) is 1. The number of aliphatic hydroxyl groups excluding tert-OH is 1. The van der Waals surface area contributed by atoms with Gasteiger partial charge in [-0.1, -0.05) is 30.3 Å². The fourth-order valence-electron chi connectivity index (χ4n) is 0.863. The van der Waals surface area contributed by atoms with Gasteiger partial charge in [-0.3, -0.25) is 0 Å². The maximum Gasteiger partial charge on any atom is 0.104 e. The number of benzene rings is 1. The zero-order valence-electron chi connectivity index (χ0n) is 6.10. The number of aliphatic hydroxyl groups is 1. The number of hydrogen-bond donors (Lipinski definition) is 2. The first-order valence-corrected chi connectivity index (χ1v) is 3.39. The van der Waals surface area contributed by atoms with Crippen molar-refractivity contribution in [3.05, 3.63) is 35.9 Å². The van der Waals surface area contributed by atoms with E-state index in [0.717, 1.165) is 5.56 Å². The smallest absolute Gasteiger partial charge is 0.104 e. The Balaban J connectivity index is 2.61. The van der Waals surface area contributed by atoms with Crippen LogP contribution >= 0.6 is 0 Å². The van der Waals surface area contributed by atoms with Gasteiger partial charge in [0, 0.05) is 0 Å². The maximum atomic E-state index is 9.32. The van der Waals surface area contributed by atoms with Crippen molar-refractivity contribution in [1.29, 1.82) is 0 Å². The summed E-state index contributed by atoms with van der Waals surface area (Å²) in [6, 6.07) is 9.25. The van der Waals surface area contributed by atoms with Crippen LogP contribution in [0.3, 0.4) is 0 Å². The summed E-state index contributed by atoms with van der Waals surface area (Å²) >= 11 is 0. The highest BCUT2D eigenvalue weighted by Gasteiger charge is 2.04. The van der Waals surface area contributed by atoms with Gasteiger partial charge in [0.1, 0.15) is 6.10 Å². The van der Waals surface area contributed by atoms with E-state index in [-0.39, 0.29) is 6.61 Å². The Bertz CT molecular complexity index is 201. The van der Waals surface area contributed by atoms with Gasteiger partial charge in [0.05, 0.1) is 6.61 Å². The first-order chi connectivity index (χ1) is 5.34. The minimum absolute atomic E-state index is 0.129. The molecule has 1 rings (SSSR count). The summed E-state index contributed by atoms with van der Waals surface area (Å²) in [7, 11) is 0. The van der Waals surface area contributed by atoms with Gasteiger partial charge in [-0.05, 0) is 5.56 Å². The van der Waals surface area contributed by atoms with Gasteiger partial charge < -0.3 is 9.94 Å². The molecule has 0 aliphatic rings. The van der Waals surface area contributed by atoms with Crippen molar-refractivity contribution in [3.8, 4) is 0 Å². The SMILES string of the molecule is NOC[C@@H](O)c1ccccc1. The second kappa shape index (κ2) is 4.08. The van der Waals surface area contributed by atoms with Crippen LogP contribution in [0.4, 0.5) is 0 Å². The molecule has 0 heterocycles. The van der Waals surface area contributed by atoms with Crippen molar-refractivity contribution in [3.63, 3.8) is 0 Å². The number of hydrogen-bond acceptors (Lipinski definition) is 3. The molecule has 0 saturated carbocycles. The van der Waals surface area contributed by atoms with Crippen LogP contribution < -0.4 is 5.90 Å². The monoisotopic (exact) mass is 153 g/mol. The van der Waals surface area contributed by atoms with Crippen molar-refractivity contribution >= 4 is 0 Å². The highest BCUT2D eigenvalue weighted by atomic mass is 16.6. The summed E-state index contributed by atoms with van der Waals surface area (Å²) < 4.78 is 0. The molecule has 0 radical (unpaired) electrons. The van der Waals surface area contributed by atoms with Gasteiger partial charge in [0.15, 0.2) is 0 Å². The Kier molecular flexibility index (Phi) is 3.04. The van der Waals surface area contributed by atoms with Crippen LogP contribution in [0.5, 0.6) is 0 Å². The molecule has 3 N–H and O–H groups in total. The van der Waals surface area contributed by atoms with Crippen molar-refractivity contribution in [2.75, 3.05) is 6.61 Å². The Labute approximate surface area is 65.4 Å². The lowest BCUT2D eigenvalue weighted by atomic mass is 10.1. The summed E-state index contributed by atoms with van der Waals surface area (Å²) in [4.78, 5) is 4.31. The molecule has 3 nitrogen and oxygen atoms in total. The van der Waals surface area contributed by atoms with Crippen LogP contribution in [0.2, 0.25) is 0 Å². The van der Waals surface area contributed by atoms with Crippen LogP contribution in [0.15, 0.2) is 30.3 Å². The molecule has 0 amide bonds. The van der Waals surface area contributed by atoms with Gasteiger partial charge >= 0.3 is 0 Å². The molecule has 0 aliphatic heterocycles. The Morgan fingerprint density at radius 3 is 2.55 bits per heavy atom. The minimum atomic E-state index is -0.624. The average molecular weight is 153 g/mol. The molecule has 3 heteroatoms. The van der Waals surface area contributed by atoms with Crippen molar-refractivity contribution in [1.82, 2.24) is 0 Å². The largest absolute Gasteiger partial charge is 0.386 e. The third-order valence-electron chi connectivity index (χ3n) is 1.44. The first kappa shape index (κ1) is 8.20. The summed E-state index contributed by atoms with van der Waals surface area (Å²) in [5, 5.41) is 9.32. The van der Waals surface area contributed by atoms with Crippen LogP contribution in [0.1, 0.15) is 11.7 Å². The highest BCUT2D eigenvalue weighted by Crippen LogP contribution is 2.10. The molecule has 11 heavy (non-hydrogen) atoms. The van der Waals surface area contributed by atoms with E-state index in [0.29, 0.717) is 0 Å². The molecule has 0 bridgehead atoms. The Morgan fingerprint density at radius 1 is 1.36 bits per heavy atom. The fraction of sp³-hybridized carbons (Fsp3) is 0.250. The molecule has 60 valence electrons. The molecule has 0 aliphatic carbocycles. The third kappa shape index (κ3) is 2.31. The fourth-order valence-corrected chi connectivity index (χ4v) is 0.863. The van der Waals surface area contributed by atoms with Gasteiger partial charge in [-0.2, -0.15) is 0 Å². The topological polar surface area (TPSA) is 55.5 Å². The lowest BCUT2D eigenvalue weighted by molar-refractivity contribution is 0.0359. The van der Waals surface area contributed by atoms with Crippen LogP contribution in [-0.4, -0.2) is 11.7 Å². The average Bonchev–Trinajstić information content (AvgIpc) is 2.07. The zero-order valence-corrected chi connectivity index (χ0v) is 6.10. The summed E-state index contributed by atoms with van der Waals surface area (Å²) in [6.07, 6.45) is -0.624. The summed E-state index contributed by atoms with van der Waals surface area (Å²) in [5.74, 6) is 4.81. The van der Waals surface area contributed by atoms with E-state index < -0.39 is 6.10 Å². The van der Waals surface area contributed by atoms with E-state index in [4.69, 9.17) is 5.90 Å². The van der Waals surface area contributed by atoms with E-state index >= 15 is 0 Å². The van der Waals surface area contributed by atoms with Gasteiger partial charge in [-0.25, -0.2) is 5.90 Å². The highest BCUT2D eigenvalue weighted by molar-refractivity contribution is 5.17. The quantitative estimate of drug-likeness (QED) is 0.625. The lowest BCUT2D eigenvalue weighted by Crippen LogP contribution is -2.10. The first-order valence-electron chi connectivity index (χ1n) is 3.39. The second-order valence-corrected chi connectivity index (χ2v) is 2.26. The normalized spacial score (nSPS) is 12.9. The number of rotatable bonds is 3. The third-order valence-corrected chi connectivity index (χ3v) is 1.44. The van der Waals surface area contributed by atoms with Gasteiger partial charge in [-0.15, -0.1) is 0 Å². The molecule has 0 fully saturated rings. The molecule has 0 unspecified atom stereocenters. The molecule has 0 spiro atoms. The van der Waals surface area contributed by atoms with E-state index in [1.165, 1.54) is 0 Å². The molecular formula is C8H11NO2. The molecule has 1 aromatic rings. The predicted octanol–water partition coefficient (Wildman–Crippen LogP) is 0.610. The van der Waals surface area contributed by atoms with E-state index in [2.05, 4.69) is 4.84 Å². The lowest BCUT2D eigenvalue weighted by Gasteiger charge is -2.07. The molecule has 0 aromatic heterocycles. The van der Waals surface area contributed by atoms with Crippen molar-refractivity contribution in [2.45, 2.75) is 6.10 Å². The van der Waals surface area contributed by atoms with Crippen LogP contribution in [0, 0.1) is 0 Å². The van der Waals surface area contributed by atoms with Crippen molar-refractivity contribution in [2.24, 2.45) is 5.90 Å². The minimum Gasteiger partial charge on any atom is -0.386 e. The molecular weight excluding hydrogens is 142 g/mol. The summed E-state index contributed by atoms with van der Waals surface area (Å²) in [5.41, 5.74) is 0.818. The van der Waals surface area contributed by atoms with Gasteiger partial charge in [0.2, 0.25) is 0 Å². The standard InChI is InChI=1S/C8H11NO2/c9-11-6-8(10)7-4-2-1-3-5-7/h1-5,8,10H,6,9H2/t8-/m1/s1. The van der Waals surface area contributed by atoms with Crippen LogP contribution in [0.25, 0.3) is 0 Å². The van der Waals surface area contributed by atoms with Crippen LogP contribution in [-0.2, 0) is 4.84 Å². The molecule has 1 atom stereocenters. The maximum absolute atomic E-state index is 9.32. The predicted molar refractivity (Wildman–Crippen MR) is 41.5 cm³/mol. The van der Waals surface area contributed by atoms with Gasteiger partial charge in [0.25, 0.3) is 0 Å². The van der Waals surface area contributed by atoms with Crippen molar-refractivity contribution < 1.29 is 9.94 Å². The second-order valence-electron chi connectivity index (χ2n) is 2.26. The molecule has 0 saturated heterocycles. The van der Waals surface area contributed by atoms with E-state index in [1.807, 2.05) is 30.3 Å². The molecule has 1 aromatic carbocycles. The van der Waals surface area contributed by atoms with E-state index in [1.54, 1.807) is 0 Å². The Morgan fingerprint density at radius 2 is 2.00 bits per heavy atom. The summed E-state index contributed by atoms with van der Waals surface area (Å²) in [6.45, 7) is 0.129. The van der Waals surface area contributed by atoms with E-state index in [9.17, 15) is 5.11 Å².